The van der Waals surface area contributed by atoms with Gasteiger partial charge in [0, 0.05) is 23.1 Å². The smallest absolute Gasteiger partial charge is 0.352 e. The largest absolute Gasteiger partial charge is 0.504 e. The highest BCUT2D eigenvalue weighted by Gasteiger charge is 2.55. The monoisotopic (exact) mass is 591 g/mol. The number of oxime groups is 1. The second kappa shape index (κ2) is 11.7. The third kappa shape index (κ3) is 6.16. The Morgan fingerprint density at radius 2 is 2.05 bits per heavy atom. The van der Waals surface area contributed by atoms with E-state index in [1.807, 2.05) is 14.1 Å². The number of aliphatic carboxylic acids is 1. The van der Waals surface area contributed by atoms with Crippen LogP contribution in [-0.4, -0.2) is 105 Å². The number of fused-ring (bicyclic) bond motifs is 1. The van der Waals surface area contributed by atoms with E-state index >= 15 is 0 Å². The number of amides is 2. The number of nitrogen functional groups attached to an aromatic ring is 1. The molecule has 0 radical (unpaired) electrons. The van der Waals surface area contributed by atoms with E-state index in [2.05, 4.69) is 15.5 Å². The molecule has 2 unspecified atom stereocenters. The molecule has 6 N–H and O–H groups in total. The molecule has 1 saturated heterocycles. The highest BCUT2D eigenvalue weighted by molar-refractivity contribution is 8.00. The molecule has 2 aliphatic rings. The van der Waals surface area contributed by atoms with Crippen LogP contribution in [-0.2, 0) is 25.6 Å². The van der Waals surface area contributed by atoms with Crippen molar-refractivity contribution in [2.24, 2.45) is 5.16 Å². The quantitative estimate of drug-likeness (QED) is 0.0827. The van der Waals surface area contributed by atoms with E-state index in [0.717, 1.165) is 23.3 Å². The number of hydrogen-bond acceptors (Lipinski definition) is 11. The number of hydrogen-bond donors (Lipinski definition) is 5. The predicted octanol–water partition coefficient (Wildman–Crippen LogP) is 0.935. The lowest BCUT2D eigenvalue weighted by Gasteiger charge is -2.49. The number of nitrogens with two attached hydrogens (primary N) is 1. The number of aryl methyl sites for hydroxylation is 1. The summed E-state index contributed by atoms with van der Waals surface area (Å²) in [6.45, 7) is 1.13. The Morgan fingerprint density at radius 1 is 1.30 bits per heavy atom. The number of nitrogens with one attached hydrogen (secondary N) is 1. The molecular formula is C25H31N6O7S2+. The number of phenolic OH excluding ortho intramolecular Hbond substituents is 2. The van der Waals surface area contributed by atoms with Crippen molar-refractivity contribution >= 4 is 51.7 Å². The first-order chi connectivity index (χ1) is 18.9. The summed E-state index contributed by atoms with van der Waals surface area (Å²) in [5.74, 6) is -2.35. The molecule has 2 amide bonds. The van der Waals surface area contributed by atoms with E-state index in [-0.39, 0.29) is 33.7 Å². The van der Waals surface area contributed by atoms with Gasteiger partial charge in [-0.1, -0.05) is 11.2 Å². The van der Waals surface area contributed by atoms with Crippen LogP contribution in [0.15, 0.2) is 40.0 Å². The molecule has 40 heavy (non-hydrogen) atoms. The van der Waals surface area contributed by atoms with Crippen LogP contribution < -0.4 is 11.1 Å². The van der Waals surface area contributed by atoms with Crippen LogP contribution in [0.4, 0.5) is 5.13 Å². The molecule has 0 bridgehead atoms. The lowest BCUT2D eigenvalue weighted by molar-refractivity contribution is -0.885. The zero-order valence-corrected chi connectivity index (χ0v) is 23.8. The first-order valence-electron chi connectivity index (χ1n) is 12.3. The number of carboxylic acid groups (broad SMARTS) is 1. The molecule has 15 heteroatoms. The number of benzene rings is 1. The summed E-state index contributed by atoms with van der Waals surface area (Å²) in [5.41, 5.74) is 7.20. The Bertz CT molecular complexity index is 1390. The number of carbonyl (C=O) groups excluding carboxylic acids is 2. The van der Waals surface area contributed by atoms with Crippen molar-refractivity contribution in [2.75, 3.05) is 45.8 Å². The van der Waals surface area contributed by atoms with Gasteiger partial charge in [-0.15, -0.1) is 23.1 Å². The van der Waals surface area contributed by atoms with Crippen molar-refractivity contribution < 1.29 is 39.0 Å². The van der Waals surface area contributed by atoms with Gasteiger partial charge in [-0.2, -0.15) is 0 Å². The number of thioether (sulfide) groups is 1. The maximum absolute atomic E-state index is 13.1. The molecule has 3 heterocycles. The first-order valence-corrected chi connectivity index (χ1v) is 14.2. The number of quaternary nitrogens is 1. The van der Waals surface area contributed by atoms with Crippen LogP contribution in [0.1, 0.15) is 17.7 Å². The van der Waals surface area contributed by atoms with Crippen molar-refractivity contribution in [3.05, 3.63) is 46.1 Å². The topological polar surface area (TPSA) is 188 Å². The molecule has 1 fully saturated rings. The lowest BCUT2D eigenvalue weighted by atomic mass is 10.0. The number of thiazole rings is 1. The van der Waals surface area contributed by atoms with Crippen LogP contribution in [0, 0.1) is 0 Å². The van der Waals surface area contributed by atoms with Gasteiger partial charge in [-0.05, 0) is 24.1 Å². The molecule has 1 aromatic carbocycles. The number of aromatic hydroxyl groups is 2. The highest BCUT2D eigenvalue weighted by atomic mass is 32.2. The summed E-state index contributed by atoms with van der Waals surface area (Å²) in [5, 5.41) is 36.8. The fourth-order valence-electron chi connectivity index (χ4n) is 4.74. The van der Waals surface area contributed by atoms with Crippen molar-refractivity contribution in [1.29, 1.82) is 0 Å². The molecule has 0 saturated carbocycles. The average molecular weight is 592 g/mol. The molecular weight excluding hydrogens is 560 g/mol. The number of anilines is 1. The molecule has 214 valence electrons. The van der Waals surface area contributed by atoms with Gasteiger partial charge < -0.3 is 35.7 Å². The summed E-state index contributed by atoms with van der Waals surface area (Å²) in [6.07, 6.45) is 1.43. The predicted molar refractivity (Wildman–Crippen MR) is 150 cm³/mol. The zero-order chi connectivity index (χ0) is 29.2. The molecule has 1 aromatic heterocycles. The number of nitrogens with zero attached hydrogens (tertiary/aromatic N) is 4. The fraction of sp³-hybridized carbons (Fsp3) is 0.400. The lowest BCUT2D eigenvalue weighted by Crippen LogP contribution is -2.71. The highest BCUT2D eigenvalue weighted by Crippen LogP contribution is 2.41. The minimum Gasteiger partial charge on any atom is -0.504 e. The number of rotatable bonds is 11. The Balaban J connectivity index is 1.42. The summed E-state index contributed by atoms with van der Waals surface area (Å²) in [4.78, 5) is 48.4. The first kappa shape index (κ1) is 29.2. The third-order valence-corrected chi connectivity index (χ3v) is 8.60. The number of carbonyl (C=O) groups is 3. The number of carboxylic acids is 1. The number of phenols is 2. The Morgan fingerprint density at radius 3 is 2.67 bits per heavy atom. The van der Waals surface area contributed by atoms with Gasteiger partial charge in [-0.3, -0.25) is 14.5 Å². The van der Waals surface area contributed by atoms with Crippen LogP contribution >= 0.6 is 23.1 Å². The second-order valence-electron chi connectivity index (χ2n) is 10.1. The fourth-order valence-corrected chi connectivity index (χ4v) is 6.62. The molecule has 2 aromatic rings. The molecule has 0 spiro atoms. The Kier molecular flexibility index (Phi) is 8.56. The maximum atomic E-state index is 13.1. The van der Waals surface area contributed by atoms with E-state index in [1.54, 1.807) is 11.4 Å². The minimum absolute atomic E-state index is 0.0491. The summed E-state index contributed by atoms with van der Waals surface area (Å²) in [6, 6.07) is 3.79. The van der Waals surface area contributed by atoms with Gasteiger partial charge in [0.05, 0.1) is 20.6 Å². The number of likely N-dealkylation sites (N-methyl/N-ethyl adjacent to an activating group) is 1. The average Bonchev–Trinajstić information content (AvgIpc) is 3.32. The molecule has 2 atom stereocenters. The molecule has 13 nitrogen and oxygen atoms in total. The minimum atomic E-state index is -1.20. The number of aromatic nitrogens is 1. The molecule has 2 aliphatic heterocycles. The summed E-state index contributed by atoms with van der Waals surface area (Å²) >= 11 is 2.51. The van der Waals surface area contributed by atoms with Gasteiger partial charge in [0.1, 0.15) is 36.5 Å². The van der Waals surface area contributed by atoms with Crippen molar-refractivity contribution in [1.82, 2.24) is 15.2 Å². The van der Waals surface area contributed by atoms with Crippen LogP contribution in [0.25, 0.3) is 0 Å². The summed E-state index contributed by atoms with van der Waals surface area (Å²) in [7, 11) is 5.25. The van der Waals surface area contributed by atoms with Crippen molar-refractivity contribution in [2.45, 2.75) is 24.3 Å². The van der Waals surface area contributed by atoms with Crippen molar-refractivity contribution in [3.8, 4) is 11.5 Å². The maximum Gasteiger partial charge on any atom is 0.352 e. The number of β-lactam (4-membered cyclic amide) rings is 1. The Hall–Kier alpha value is -3.82. The van der Waals surface area contributed by atoms with Gasteiger partial charge in [0.2, 0.25) is 0 Å². The van der Waals surface area contributed by atoms with Gasteiger partial charge >= 0.3 is 5.97 Å². The standard InChI is InChI=1S/C25H30N6O7S2/c1-31(2,8-4-5-13-6-7-16(32)17(33)9-13)10-14-11-39-23-19(22(35)30(23)20(14)24(36)37)28-21(34)18(29-38-3)15-12-40-25(26)27-15/h6-7,9,12,19,23H,4-5,8,10-11H2,1-3H3,(H5-,26,27,28,29,32,33,34,36,37)/p+1. The zero-order valence-electron chi connectivity index (χ0n) is 22.2. The normalized spacial score (nSPS) is 19.2. The SMILES string of the molecule is CO/N=C(\C(=O)NC1C(=O)N2C(C(=O)O)=C(C[N+](C)(C)CCCc3ccc(O)c(O)c3)CSC12)c1csc(N)n1. The second-order valence-corrected chi connectivity index (χ2v) is 12.1. The van der Waals surface area contributed by atoms with Crippen LogP contribution in [0.2, 0.25) is 0 Å². The van der Waals surface area contributed by atoms with E-state index in [4.69, 9.17) is 10.6 Å². The van der Waals surface area contributed by atoms with E-state index in [9.17, 15) is 29.7 Å². The molecule has 4 rings (SSSR count). The van der Waals surface area contributed by atoms with Gasteiger partial charge in [0.25, 0.3) is 11.8 Å². The van der Waals surface area contributed by atoms with Crippen molar-refractivity contribution in [3.63, 3.8) is 0 Å². The van der Waals surface area contributed by atoms with Gasteiger partial charge in [0.15, 0.2) is 22.3 Å². The Labute approximate surface area is 238 Å². The van der Waals surface area contributed by atoms with Crippen LogP contribution in [0.5, 0.6) is 11.5 Å². The summed E-state index contributed by atoms with van der Waals surface area (Å²) < 4.78 is 0.483. The van der Waals surface area contributed by atoms with Gasteiger partial charge in [-0.25, -0.2) is 9.78 Å². The van der Waals surface area contributed by atoms with E-state index in [1.165, 1.54) is 35.9 Å². The van der Waals surface area contributed by atoms with Crippen LogP contribution in [0.3, 0.4) is 0 Å². The van der Waals surface area contributed by atoms with E-state index < -0.39 is 29.2 Å². The van der Waals surface area contributed by atoms with E-state index in [0.29, 0.717) is 35.3 Å². The third-order valence-electron chi connectivity index (χ3n) is 6.59. The molecule has 0 aliphatic carbocycles.